The molecule has 0 aliphatic carbocycles. The molecule has 59 heavy (non-hydrogen) atoms. The van der Waals surface area contributed by atoms with Gasteiger partial charge in [0.15, 0.2) is 11.5 Å². The molecule has 3 fully saturated rings. The maximum atomic E-state index is 13.2. The highest BCUT2D eigenvalue weighted by Gasteiger charge is 2.40. The van der Waals surface area contributed by atoms with Crippen molar-refractivity contribution in [2.24, 2.45) is 5.92 Å². The molecule has 0 bridgehead atoms. The SMILES string of the molecule is O=C(/C=C/c1cccnc1)NCCCCC1CCN(C(=O)c2ccc(N3CCN(CCCCCSc4cccc5c4CN(C4CCC(=O)NC4=O)C5=O)CC3)nn2)CC1. The molecule has 2 aromatic heterocycles. The molecule has 1 atom stereocenters. The van der Waals surface area contributed by atoms with Crippen LogP contribution in [0.25, 0.3) is 6.08 Å². The highest BCUT2D eigenvalue weighted by atomic mass is 32.2. The van der Waals surface area contributed by atoms with Crippen LogP contribution in [0.5, 0.6) is 0 Å². The highest BCUT2D eigenvalue weighted by molar-refractivity contribution is 7.99. The Hall–Kier alpha value is -5.15. The van der Waals surface area contributed by atoms with E-state index in [1.165, 1.54) is 0 Å². The molecule has 2 N–H and O–H groups in total. The first-order chi connectivity index (χ1) is 28.8. The van der Waals surface area contributed by atoms with E-state index in [2.05, 4.69) is 41.7 Å². The summed E-state index contributed by atoms with van der Waals surface area (Å²) in [5, 5.41) is 14.1. The van der Waals surface area contributed by atoms with Crippen LogP contribution in [0.2, 0.25) is 0 Å². The molecule has 4 aliphatic rings. The summed E-state index contributed by atoms with van der Waals surface area (Å²) in [6.07, 6.45) is 15.7. The zero-order valence-electron chi connectivity index (χ0n) is 33.7. The number of unbranched alkanes of at least 4 members (excludes halogenated alkanes) is 3. The van der Waals surface area contributed by atoms with E-state index < -0.39 is 6.04 Å². The van der Waals surface area contributed by atoms with E-state index in [0.717, 1.165) is 125 Å². The molecule has 4 aliphatic heterocycles. The predicted molar refractivity (Wildman–Crippen MR) is 227 cm³/mol. The van der Waals surface area contributed by atoms with Crippen LogP contribution in [0, 0.1) is 5.92 Å². The Morgan fingerprint density at radius 1 is 0.881 bits per heavy atom. The molecule has 6 heterocycles. The van der Waals surface area contributed by atoms with E-state index >= 15 is 0 Å². The van der Waals surface area contributed by atoms with E-state index in [0.29, 0.717) is 36.7 Å². The highest BCUT2D eigenvalue weighted by Crippen LogP contribution is 2.35. The summed E-state index contributed by atoms with van der Waals surface area (Å²) in [6.45, 7) is 7.22. The number of hydrogen-bond acceptors (Lipinski definition) is 11. The number of amides is 5. The normalized spacial score (nSPS) is 19.0. The van der Waals surface area contributed by atoms with Crippen LogP contribution < -0.4 is 15.5 Å². The summed E-state index contributed by atoms with van der Waals surface area (Å²) < 4.78 is 0. The predicted octanol–water partition coefficient (Wildman–Crippen LogP) is 4.57. The molecule has 312 valence electrons. The number of nitrogens with one attached hydrogen (secondary N) is 2. The third-order valence-corrected chi connectivity index (χ3v) is 13.0. The smallest absolute Gasteiger partial charge is 0.274 e. The minimum absolute atomic E-state index is 0.0491. The van der Waals surface area contributed by atoms with E-state index in [-0.39, 0.29) is 36.0 Å². The van der Waals surface area contributed by atoms with Gasteiger partial charge in [0.05, 0.1) is 0 Å². The number of likely N-dealkylation sites (tertiary alicyclic amines) is 1. The maximum absolute atomic E-state index is 13.2. The second kappa shape index (κ2) is 20.7. The Labute approximate surface area is 350 Å². The van der Waals surface area contributed by atoms with Crippen molar-refractivity contribution in [2.75, 3.05) is 63.0 Å². The molecule has 0 radical (unpaired) electrons. The number of benzene rings is 1. The number of rotatable bonds is 17. The quantitative estimate of drug-likeness (QED) is 0.0850. The van der Waals surface area contributed by atoms with E-state index in [9.17, 15) is 24.0 Å². The van der Waals surface area contributed by atoms with Gasteiger partial charge < -0.3 is 20.0 Å². The van der Waals surface area contributed by atoms with Gasteiger partial charge in [0.2, 0.25) is 17.7 Å². The maximum Gasteiger partial charge on any atom is 0.274 e. The lowest BCUT2D eigenvalue weighted by molar-refractivity contribution is -0.137. The first-order valence-electron chi connectivity index (χ1n) is 21.2. The molecule has 1 unspecified atom stereocenters. The van der Waals surface area contributed by atoms with Gasteiger partial charge in [0.1, 0.15) is 6.04 Å². The van der Waals surface area contributed by atoms with Crippen molar-refractivity contribution in [1.29, 1.82) is 0 Å². The minimum atomic E-state index is -0.596. The van der Waals surface area contributed by atoms with Crippen LogP contribution in [0.15, 0.2) is 65.8 Å². The summed E-state index contributed by atoms with van der Waals surface area (Å²) >= 11 is 1.77. The Morgan fingerprint density at radius 2 is 1.73 bits per heavy atom. The average Bonchev–Trinajstić information content (AvgIpc) is 3.60. The number of carbonyl (C=O) groups excluding carboxylic acids is 5. The number of carbonyl (C=O) groups is 5. The third kappa shape index (κ3) is 11.3. The van der Waals surface area contributed by atoms with Gasteiger partial charge in [0, 0.05) is 87.7 Å². The number of aromatic nitrogens is 3. The van der Waals surface area contributed by atoms with Crippen molar-refractivity contribution in [3.05, 3.63) is 83.3 Å². The summed E-state index contributed by atoms with van der Waals surface area (Å²) in [5.41, 5.74) is 2.95. The zero-order chi connectivity index (χ0) is 41.0. The molecule has 14 nitrogen and oxygen atoms in total. The molecular weight excluding hydrogens is 767 g/mol. The van der Waals surface area contributed by atoms with E-state index in [1.54, 1.807) is 41.2 Å². The topological polar surface area (TPSA) is 161 Å². The van der Waals surface area contributed by atoms with Crippen LogP contribution in [0.1, 0.15) is 96.2 Å². The molecule has 3 saturated heterocycles. The van der Waals surface area contributed by atoms with Gasteiger partial charge in [0.25, 0.3) is 11.8 Å². The van der Waals surface area contributed by atoms with Crippen molar-refractivity contribution >= 4 is 53.2 Å². The number of imide groups is 1. The van der Waals surface area contributed by atoms with Crippen molar-refractivity contribution in [3.63, 3.8) is 0 Å². The molecule has 3 aromatic rings. The van der Waals surface area contributed by atoms with Gasteiger partial charge in [-0.15, -0.1) is 22.0 Å². The third-order valence-electron chi connectivity index (χ3n) is 11.8. The first kappa shape index (κ1) is 42.0. The van der Waals surface area contributed by atoms with Crippen LogP contribution in [0.4, 0.5) is 5.82 Å². The van der Waals surface area contributed by atoms with Crippen molar-refractivity contribution < 1.29 is 24.0 Å². The fraction of sp³-hybridized carbons (Fsp3) is 0.500. The van der Waals surface area contributed by atoms with Crippen LogP contribution >= 0.6 is 11.8 Å². The van der Waals surface area contributed by atoms with Crippen molar-refractivity contribution in [2.45, 2.75) is 81.7 Å². The number of piperidine rings is 2. The summed E-state index contributed by atoms with van der Waals surface area (Å²) in [7, 11) is 0. The van der Waals surface area contributed by atoms with Gasteiger partial charge in [-0.3, -0.25) is 39.2 Å². The van der Waals surface area contributed by atoms with Gasteiger partial charge in [-0.2, -0.15) is 0 Å². The molecule has 0 saturated carbocycles. The second-order valence-electron chi connectivity index (χ2n) is 15.8. The van der Waals surface area contributed by atoms with E-state index in [4.69, 9.17) is 0 Å². The average molecular weight is 822 g/mol. The Bertz CT molecular complexity index is 1960. The van der Waals surface area contributed by atoms with Crippen LogP contribution in [-0.4, -0.2) is 124 Å². The molecule has 1 aromatic carbocycles. The standard InChI is InChI=1S/C44H55N9O5S/c54-40(16-12-33-9-7-20-45-30-33)46-21-3-2-8-32-18-23-52(24-19-32)44(58)36-13-15-39(49-48-36)51-27-25-50(26-28-51)22-4-1-5-29-59-38-11-6-10-34-35(38)31-53(43(34)57)37-14-17-41(55)47-42(37)56/h6-7,9-13,15-16,20,30,32,37H,1-5,8,14,17-19,21-29,31H2,(H,46,54)(H,47,55,56)/b16-12+. The summed E-state index contributed by atoms with van der Waals surface area (Å²) in [6, 6.07) is 12.7. The number of anilines is 1. The molecule has 7 rings (SSSR count). The van der Waals surface area contributed by atoms with Crippen LogP contribution in [0.3, 0.4) is 0 Å². The molecule has 5 amide bonds. The zero-order valence-corrected chi connectivity index (χ0v) is 34.5. The monoisotopic (exact) mass is 821 g/mol. The lowest BCUT2D eigenvalue weighted by Crippen LogP contribution is -2.52. The fourth-order valence-electron chi connectivity index (χ4n) is 8.36. The minimum Gasteiger partial charge on any atom is -0.353 e. The summed E-state index contributed by atoms with van der Waals surface area (Å²) in [5.74, 6) is 1.43. The van der Waals surface area contributed by atoms with Gasteiger partial charge in [-0.05, 0) is 104 Å². The summed E-state index contributed by atoms with van der Waals surface area (Å²) in [4.78, 5) is 75.9. The number of pyridine rings is 1. The number of hydrogen-bond donors (Lipinski definition) is 2. The van der Waals surface area contributed by atoms with Crippen LogP contribution in [-0.2, 0) is 20.9 Å². The number of fused-ring (bicyclic) bond motifs is 1. The van der Waals surface area contributed by atoms with E-state index in [1.807, 2.05) is 41.3 Å². The Morgan fingerprint density at radius 3 is 2.49 bits per heavy atom. The number of thioether (sulfide) groups is 1. The molecule has 0 spiro atoms. The van der Waals surface area contributed by atoms with Crippen molar-refractivity contribution in [3.8, 4) is 0 Å². The second-order valence-corrected chi connectivity index (χ2v) is 17.0. The molecular formula is C44H55N9O5S. The number of nitrogens with zero attached hydrogens (tertiary/aromatic N) is 7. The van der Waals surface area contributed by atoms with Gasteiger partial charge in [-0.1, -0.05) is 31.4 Å². The molecule has 15 heteroatoms. The van der Waals surface area contributed by atoms with Crippen molar-refractivity contribution in [1.82, 2.24) is 40.5 Å². The first-order valence-corrected chi connectivity index (χ1v) is 22.2. The number of piperazine rings is 1. The lowest BCUT2D eigenvalue weighted by atomic mass is 9.91. The lowest BCUT2D eigenvalue weighted by Gasteiger charge is -2.35. The van der Waals surface area contributed by atoms with Gasteiger partial charge >= 0.3 is 0 Å². The Balaban J connectivity index is 0.736. The largest absolute Gasteiger partial charge is 0.353 e. The fourth-order valence-corrected chi connectivity index (χ4v) is 9.45. The van der Waals surface area contributed by atoms with Gasteiger partial charge in [-0.25, -0.2) is 0 Å². The Kier molecular flexibility index (Phi) is 14.7.